The summed E-state index contributed by atoms with van der Waals surface area (Å²) in [5.74, 6) is -0.0788. The molecule has 0 atom stereocenters. The third kappa shape index (κ3) is 3.57. The predicted molar refractivity (Wildman–Crippen MR) is 121 cm³/mol. The molecule has 2 heterocycles. The molecule has 1 aliphatic rings. The highest BCUT2D eigenvalue weighted by Crippen LogP contribution is 2.28. The summed E-state index contributed by atoms with van der Waals surface area (Å²) in [6.07, 6.45) is 1.47. The monoisotopic (exact) mass is 413 g/mol. The number of amides is 2. The maximum absolute atomic E-state index is 12.6. The molecule has 2 amide bonds. The smallest absolute Gasteiger partial charge is 0.257 e. The standard InChI is InChI=1S/C24H19N3O2S/c28-22-6-3-13-27(22)20-11-9-17(10-12-20)23(29)26-24-25-21(15-30-24)19-8-7-16-4-1-2-5-18(16)14-19/h1-2,4-5,7-12,14-15H,3,6,13H2,(H,25,26,29). The van der Waals surface area contributed by atoms with Gasteiger partial charge in [-0.2, -0.15) is 0 Å². The van der Waals surface area contributed by atoms with Gasteiger partial charge in [0.1, 0.15) is 0 Å². The summed E-state index contributed by atoms with van der Waals surface area (Å²) in [6, 6.07) is 21.6. The van der Waals surface area contributed by atoms with E-state index in [1.54, 1.807) is 17.0 Å². The van der Waals surface area contributed by atoms with Gasteiger partial charge in [-0.1, -0.05) is 36.4 Å². The fourth-order valence-corrected chi connectivity index (χ4v) is 4.41. The summed E-state index contributed by atoms with van der Waals surface area (Å²) in [7, 11) is 0. The number of hydrogen-bond acceptors (Lipinski definition) is 4. The summed E-state index contributed by atoms with van der Waals surface area (Å²) in [5, 5.41) is 7.72. The Hall–Kier alpha value is -3.51. The Labute approximate surface area is 178 Å². The van der Waals surface area contributed by atoms with Crippen LogP contribution in [0.4, 0.5) is 10.8 Å². The second kappa shape index (κ2) is 7.72. The SMILES string of the molecule is O=C(Nc1nc(-c2ccc3ccccc3c2)cs1)c1ccc(N2CCCC2=O)cc1. The lowest BCUT2D eigenvalue weighted by Crippen LogP contribution is -2.23. The molecule has 1 N–H and O–H groups in total. The molecule has 0 saturated carbocycles. The number of thiazole rings is 1. The fourth-order valence-electron chi connectivity index (χ4n) is 3.70. The lowest BCUT2D eigenvalue weighted by atomic mass is 10.1. The lowest BCUT2D eigenvalue weighted by molar-refractivity contribution is -0.117. The van der Waals surface area contributed by atoms with Crippen molar-refractivity contribution in [3.8, 4) is 11.3 Å². The molecule has 5 rings (SSSR count). The zero-order chi connectivity index (χ0) is 20.5. The molecule has 3 aromatic carbocycles. The molecule has 30 heavy (non-hydrogen) atoms. The lowest BCUT2D eigenvalue weighted by Gasteiger charge is -2.15. The topological polar surface area (TPSA) is 62.3 Å². The molecule has 0 aliphatic carbocycles. The van der Waals surface area contributed by atoms with E-state index in [2.05, 4.69) is 34.6 Å². The van der Waals surface area contributed by atoms with Gasteiger partial charge in [-0.05, 0) is 47.5 Å². The molecule has 6 heteroatoms. The van der Waals surface area contributed by atoms with E-state index in [0.29, 0.717) is 17.1 Å². The van der Waals surface area contributed by atoms with Gasteiger partial charge in [0.25, 0.3) is 5.91 Å². The molecule has 1 aromatic heterocycles. The zero-order valence-electron chi connectivity index (χ0n) is 16.2. The van der Waals surface area contributed by atoms with Gasteiger partial charge < -0.3 is 4.90 Å². The third-order valence-electron chi connectivity index (χ3n) is 5.28. The Morgan fingerprint density at radius 3 is 2.57 bits per heavy atom. The Bertz CT molecular complexity index is 1250. The number of hydrogen-bond donors (Lipinski definition) is 1. The van der Waals surface area contributed by atoms with Crippen molar-refractivity contribution in [2.45, 2.75) is 12.8 Å². The first-order chi connectivity index (χ1) is 14.7. The van der Waals surface area contributed by atoms with Crippen molar-refractivity contribution in [2.75, 3.05) is 16.8 Å². The molecule has 4 aromatic rings. The minimum absolute atomic E-state index is 0.135. The summed E-state index contributed by atoms with van der Waals surface area (Å²) >= 11 is 1.40. The number of nitrogens with zero attached hydrogens (tertiary/aromatic N) is 2. The summed E-state index contributed by atoms with van der Waals surface area (Å²) in [5.41, 5.74) is 3.23. The fraction of sp³-hybridized carbons (Fsp3) is 0.125. The average Bonchev–Trinajstić information content (AvgIpc) is 3.42. The number of carbonyl (C=O) groups excluding carboxylic acids is 2. The highest BCUT2D eigenvalue weighted by atomic mass is 32.1. The number of rotatable bonds is 4. The Kier molecular flexibility index (Phi) is 4.77. The minimum Gasteiger partial charge on any atom is -0.312 e. The van der Waals surface area contributed by atoms with Gasteiger partial charge >= 0.3 is 0 Å². The van der Waals surface area contributed by atoms with Crippen molar-refractivity contribution in [1.82, 2.24) is 4.98 Å². The van der Waals surface area contributed by atoms with Crippen LogP contribution < -0.4 is 10.2 Å². The van der Waals surface area contributed by atoms with Crippen molar-refractivity contribution in [2.24, 2.45) is 0 Å². The van der Waals surface area contributed by atoms with Crippen LogP contribution in [-0.4, -0.2) is 23.3 Å². The Morgan fingerprint density at radius 1 is 1.00 bits per heavy atom. The highest BCUT2D eigenvalue weighted by molar-refractivity contribution is 7.14. The van der Waals surface area contributed by atoms with Crippen LogP contribution in [0, 0.1) is 0 Å². The second-order valence-corrected chi connectivity index (χ2v) is 8.11. The van der Waals surface area contributed by atoms with E-state index < -0.39 is 0 Å². The molecule has 148 valence electrons. The van der Waals surface area contributed by atoms with Crippen LogP contribution in [-0.2, 0) is 4.79 Å². The van der Waals surface area contributed by atoms with Crippen LogP contribution in [0.15, 0.2) is 72.1 Å². The molecule has 0 radical (unpaired) electrons. The van der Waals surface area contributed by atoms with E-state index in [-0.39, 0.29) is 11.8 Å². The number of benzene rings is 3. The first-order valence-electron chi connectivity index (χ1n) is 9.84. The first-order valence-corrected chi connectivity index (χ1v) is 10.7. The van der Waals surface area contributed by atoms with E-state index in [9.17, 15) is 9.59 Å². The molecule has 1 aliphatic heterocycles. The van der Waals surface area contributed by atoms with Crippen molar-refractivity contribution in [3.05, 3.63) is 77.7 Å². The van der Waals surface area contributed by atoms with E-state index in [1.165, 1.54) is 16.7 Å². The van der Waals surface area contributed by atoms with Gasteiger partial charge in [0.15, 0.2) is 5.13 Å². The van der Waals surface area contributed by atoms with Crippen molar-refractivity contribution < 1.29 is 9.59 Å². The molecular formula is C24H19N3O2S. The molecule has 0 bridgehead atoms. The zero-order valence-corrected chi connectivity index (χ0v) is 17.0. The largest absolute Gasteiger partial charge is 0.312 e. The first kappa shape index (κ1) is 18.5. The van der Waals surface area contributed by atoms with Crippen LogP contribution in [0.1, 0.15) is 23.2 Å². The minimum atomic E-state index is -0.214. The van der Waals surface area contributed by atoms with Crippen molar-refractivity contribution in [3.63, 3.8) is 0 Å². The third-order valence-corrected chi connectivity index (χ3v) is 6.04. The van der Waals surface area contributed by atoms with E-state index >= 15 is 0 Å². The van der Waals surface area contributed by atoms with Crippen molar-refractivity contribution in [1.29, 1.82) is 0 Å². The van der Waals surface area contributed by atoms with Crippen molar-refractivity contribution >= 4 is 44.7 Å². The van der Waals surface area contributed by atoms with Crippen LogP contribution in [0.2, 0.25) is 0 Å². The molecule has 0 spiro atoms. The van der Waals surface area contributed by atoms with Gasteiger partial charge in [-0.3, -0.25) is 14.9 Å². The summed E-state index contributed by atoms with van der Waals surface area (Å²) < 4.78 is 0. The van der Waals surface area contributed by atoms with Gasteiger partial charge in [-0.15, -0.1) is 11.3 Å². The molecular weight excluding hydrogens is 394 g/mol. The number of aromatic nitrogens is 1. The van der Waals surface area contributed by atoms with E-state index in [4.69, 9.17) is 0 Å². The summed E-state index contributed by atoms with van der Waals surface area (Å²) in [4.78, 5) is 30.8. The van der Waals surface area contributed by atoms with Crippen LogP contribution >= 0.6 is 11.3 Å². The number of nitrogens with one attached hydrogen (secondary N) is 1. The maximum Gasteiger partial charge on any atom is 0.257 e. The molecule has 0 unspecified atom stereocenters. The van der Waals surface area contributed by atoms with Crippen LogP contribution in [0.5, 0.6) is 0 Å². The van der Waals surface area contributed by atoms with Gasteiger partial charge in [0.05, 0.1) is 5.69 Å². The average molecular weight is 414 g/mol. The highest BCUT2D eigenvalue weighted by Gasteiger charge is 2.21. The predicted octanol–water partition coefficient (Wildman–Crippen LogP) is 5.34. The van der Waals surface area contributed by atoms with Gasteiger partial charge in [0, 0.05) is 35.2 Å². The number of carbonyl (C=O) groups is 2. The normalized spacial score (nSPS) is 13.7. The van der Waals surface area contributed by atoms with E-state index in [0.717, 1.165) is 35.3 Å². The Morgan fingerprint density at radius 2 is 1.80 bits per heavy atom. The van der Waals surface area contributed by atoms with Crippen LogP contribution in [0.3, 0.4) is 0 Å². The summed E-state index contributed by atoms with van der Waals surface area (Å²) in [6.45, 7) is 0.737. The van der Waals surface area contributed by atoms with Gasteiger partial charge in [0.2, 0.25) is 5.91 Å². The Balaban J connectivity index is 1.30. The molecule has 5 nitrogen and oxygen atoms in total. The quantitative estimate of drug-likeness (QED) is 0.491. The number of anilines is 2. The van der Waals surface area contributed by atoms with Crippen LogP contribution in [0.25, 0.3) is 22.0 Å². The second-order valence-electron chi connectivity index (χ2n) is 7.25. The number of fused-ring (bicyclic) bond motifs is 1. The molecule has 1 saturated heterocycles. The maximum atomic E-state index is 12.6. The molecule has 1 fully saturated rings. The van der Waals surface area contributed by atoms with Gasteiger partial charge in [-0.25, -0.2) is 4.98 Å². The van der Waals surface area contributed by atoms with E-state index in [1.807, 2.05) is 35.7 Å².